The maximum atomic E-state index is 11.6. The molecule has 0 aromatic heterocycles. The largest absolute Gasteiger partial charge is 0.462 e. The Bertz CT molecular complexity index is 500. The second kappa shape index (κ2) is 6.07. The SMILES string of the molecule is CCOC(=O)/C(C#N)=C(/C)c1ccccc1Cl. The van der Waals surface area contributed by atoms with Crippen LogP contribution in [0, 0.1) is 11.3 Å². The Labute approximate surface area is 105 Å². The van der Waals surface area contributed by atoms with E-state index in [2.05, 4.69) is 0 Å². The van der Waals surface area contributed by atoms with Crippen molar-refractivity contribution in [2.24, 2.45) is 0 Å². The number of allylic oxidation sites excluding steroid dienone is 1. The highest BCUT2D eigenvalue weighted by atomic mass is 35.5. The normalized spacial score (nSPS) is 11.4. The van der Waals surface area contributed by atoms with Crippen LogP contribution >= 0.6 is 11.6 Å². The predicted molar refractivity (Wildman–Crippen MR) is 66.3 cm³/mol. The summed E-state index contributed by atoms with van der Waals surface area (Å²) in [5.41, 5.74) is 1.18. The van der Waals surface area contributed by atoms with Crippen molar-refractivity contribution in [2.45, 2.75) is 13.8 Å². The highest BCUT2D eigenvalue weighted by Gasteiger charge is 2.16. The first-order valence-electron chi connectivity index (χ1n) is 5.14. The monoisotopic (exact) mass is 249 g/mol. The van der Waals surface area contributed by atoms with Crippen molar-refractivity contribution in [1.29, 1.82) is 5.26 Å². The van der Waals surface area contributed by atoms with Crippen LogP contribution in [-0.4, -0.2) is 12.6 Å². The molecule has 0 aliphatic rings. The molecule has 0 saturated carbocycles. The number of esters is 1. The zero-order chi connectivity index (χ0) is 12.8. The number of hydrogen-bond donors (Lipinski definition) is 0. The lowest BCUT2D eigenvalue weighted by atomic mass is 10.0. The van der Waals surface area contributed by atoms with E-state index < -0.39 is 5.97 Å². The predicted octanol–water partition coefficient (Wildman–Crippen LogP) is 3.20. The quantitative estimate of drug-likeness (QED) is 0.470. The Kier molecular flexibility index (Phi) is 4.74. The molecule has 0 heterocycles. The molecule has 0 aliphatic carbocycles. The molecule has 0 saturated heterocycles. The van der Waals surface area contributed by atoms with Gasteiger partial charge in [-0.3, -0.25) is 0 Å². The summed E-state index contributed by atoms with van der Waals surface area (Å²) in [7, 11) is 0. The van der Waals surface area contributed by atoms with Gasteiger partial charge in [0.25, 0.3) is 0 Å². The number of benzene rings is 1. The first-order chi connectivity index (χ1) is 8.11. The van der Waals surface area contributed by atoms with Crippen LogP contribution in [0.5, 0.6) is 0 Å². The Balaban J connectivity index is 3.24. The van der Waals surface area contributed by atoms with Crippen LogP contribution in [0.15, 0.2) is 29.8 Å². The molecule has 0 fully saturated rings. The van der Waals surface area contributed by atoms with E-state index in [1.54, 1.807) is 38.1 Å². The van der Waals surface area contributed by atoms with Crippen LogP contribution < -0.4 is 0 Å². The number of ether oxygens (including phenoxy) is 1. The topological polar surface area (TPSA) is 50.1 Å². The van der Waals surface area contributed by atoms with E-state index in [-0.39, 0.29) is 12.2 Å². The first-order valence-corrected chi connectivity index (χ1v) is 5.52. The molecule has 0 unspecified atom stereocenters. The molecule has 0 radical (unpaired) electrons. The van der Waals surface area contributed by atoms with Crippen molar-refractivity contribution < 1.29 is 9.53 Å². The molecular formula is C13H12ClNO2. The van der Waals surface area contributed by atoms with Gasteiger partial charge >= 0.3 is 5.97 Å². The number of carbonyl (C=O) groups excluding carboxylic acids is 1. The van der Waals surface area contributed by atoms with Crippen molar-refractivity contribution in [3.63, 3.8) is 0 Å². The van der Waals surface area contributed by atoms with Crippen molar-refractivity contribution in [1.82, 2.24) is 0 Å². The summed E-state index contributed by atoms with van der Waals surface area (Å²) in [6.45, 7) is 3.61. The third-order valence-corrected chi connectivity index (χ3v) is 2.57. The molecule has 88 valence electrons. The molecule has 0 aliphatic heterocycles. The van der Waals surface area contributed by atoms with Gasteiger partial charge in [0, 0.05) is 5.02 Å². The number of hydrogen-bond acceptors (Lipinski definition) is 3. The van der Waals surface area contributed by atoms with E-state index in [1.165, 1.54) is 0 Å². The van der Waals surface area contributed by atoms with Gasteiger partial charge in [0.2, 0.25) is 0 Å². The average Bonchev–Trinajstić information content (AvgIpc) is 2.30. The number of nitrogens with zero attached hydrogens (tertiary/aromatic N) is 1. The summed E-state index contributed by atoms with van der Waals surface area (Å²) in [5, 5.41) is 9.50. The molecule has 1 aromatic rings. The molecule has 0 N–H and O–H groups in total. The maximum Gasteiger partial charge on any atom is 0.349 e. The Morgan fingerprint density at radius 1 is 1.47 bits per heavy atom. The standard InChI is InChI=1S/C13H12ClNO2/c1-3-17-13(16)11(8-15)9(2)10-6-4-5-7-12(10)14/h4-7H,3H2,1-2H3/b11-9-. The van der Waals surface area contributed by atoms with Crippen LogP contribution in [0.2, 0.25) is 5.02 Å². The summed E-state index contributed by atoms with van der Waals surface area (Å²) in [6.07, 6.45) is 0. The third kappa shape index (κ3) is 3.08. The van der Waals surface area contributed by atoms with E-state index >= 15 is 0 Å². The Morgan fingerprint density at radius 2 is 2.12 bits per heavy atom. The Morgan fingerprint density at radius 3 is 2.65 bits per heavy atom. The van der Waals surface area contributed by atoms with Gasteiger partial charge in [0.15, 0.2) is 0 Å². The lowest BCUT2D eigenvalue weighted by Gasteiger charge is -2.07. The van der Waals surface area contributed by atoms with Gasteiger partial charge in [-0.2, -0.15) is 5.26 Å². The van der Waals surface area contributed by atoms with Crippen LogP contribution in [-0.2, 0) is 9.53 Å². The summed E-state index contributed by atoms with van der Waals surface area (Å²) in [5.74, 6) is -0.618. The van der Waals surface area contributed by atoms with Gasteiger partial charge < -0.3 is 4.74 Å². The van der Waals surface area contributed by atoms with Gasteiger partial charge in [-0.1, -0.05) is 29.8 Å². The van der Waals surface area contributed by atoms with E-state index in [4.69, 9.17) is 21.6 Å². The maximum absolute atomic E-state index is 11.6. The minimum atomic E-state index is -0.618. The molecule has 4 heteroatoms. The summed E-state index contributed by atoms with van der Waals surface area (Å²) >= 11 is 6.01. The summed E-state index contributed by atoms with van der Waals surface area (Å²) < 4.78 is 4.82. The second-order valence-corrected chi connectivity index (χ2v) is 3.72. The number of nitriles is 1. The highest BCUT2D eigenvalue weighted by molar-refractivity contribution is 6.32. The molecule has 0 spiro atoms. The van der Waals surface area contributed by atoms with Crippen molar-refractivity contribution in [2.75, 3.05) is 6.61 Å². The molecule has 1 aromatic carbocycles. The fourth-order valence-corrected chi connectivity index (χ4v) is 1.66. The summed E-state index contributed by atoms with van der Waals surface area (Å²) in [6, 6.07) is 8.91. The lowest BCUT2D eigenvalue weighted by Crippen LogP contribution is -2.08. The van der Waals surface area contributed by atoms with Gasteiger partial charge in [-0.25, -0.2) is 4.79 Å². The first kappa shape index (κ1) is 13.3. The molecule has 1 rings (SSSR count). The van der Waals surface area contributed by atoms with E-state index in [0.29, 0.717) is 16.2 Å². The van der Waals surface area contributed by atoms with Crippen LogP contribution in [0.3, 0.4) is 0 Å². The second-order valence-electron chi connectivity index (χ2n) is 3.31. The molecular weight excluding hydrogens is 238 g/mol. The number of rotatable bonds is 3. The number of carbonyl (C=O) groups is 1. The molecule has 17 heavy (non-hydrogen) atoms. The third-order valence-electron chi connectivity index (χ3n) is 2.24. The molecule has 0 bridgehead atoms. The molecule has 0 atom stereocenters. The van der Waals surface area contributed by atoms with E-state index in [0.717, 1.165) is 0 Å². The molecule has 0 amide bonds. The van der Waals surface area contributed by atoms with Crippen molar-refractivity contribution >= 4 is 23.1 Å². The van der Waals surface area contributed by atoms with Crippen LogP contribution in [0.25, 0.3) is 5.57 Å². The fourth-order valence-electron chi connectivity index (χ4n) is 1.39. The van der Waals surface area contributed by atoms with Crippen LogP contribution in [0.4, 0.5) is 0 Å². The lowest BCUT2D eigenvalue weighted by molar-refractivity contribution is -0.137. The summed E-state index contributed by atoms with van der Waals surface area (Å²) in [4.78, 5) is 11.6. The average molecular weight is 250 g/mol. The van der Waals surface area contributed by atoms with Crippen LogP contribution in [0.1, 0.15) is 19.4 Å². The molecule has 3 nitrogen and oxygen atoms in total. The zero-order valence-corrected chi connectivity index (χ0v) is 10.4. The zero-order valence-electron chi connectivity index (χ0n) is 9.66. The minimum absolute atomic E-state index is 0.0139. The highest BCUT2D eigenvalue weighted by Crippen LogP contribution is 2.26. The minimum Gasteiger partial charge on any atom is -0.462 e. The van der Waals surface area contributed by atoms with E-state index in [9.17, 15) is 4.79 Å². The van der Waals surface area contributed by atoms with Gasteiger partial charge in [-0.05, 0) is 31.1 Å². The van der Waals surface area contributed by atoms with Gasteiger partial charge in [0.1, 0.15) is 11.6 Å². The van der Waals surface area contributed by atoms with Crippen molar-refractivity contribution in [3.05, 3.63) is 40.4 Å². The smallest absolute Gasteiger partial charge is 0.349 e. The van der Waals surface area contributed by atoms with Gasteiger partial charge in [-0.15, -0.1) is 0 Å². The number of halogens is 1. The van der Waals surface area contributed by atoms with E-state index in [1.807, 2.05) is 6.07 Å². The van der Waals surface area contributed by atoms with Gasteiger partial charge in [0.05, 0.1) is 6.61 Å². The van der Waals surface area contributed by atoms with Crippen molar-refractivity contribution in [3.8, 4) is 6.07 Å². The Hall–Kier alpha value is -1.79. The fraction of sp³-hybridized carbons (Fsp3) is 0.231.